The van der Waals surface area contributed by atoms with Crippen LogP contribution in [0.2, 0.25) is 0 Å². The maximum Gasteiger partial charge on any atom is 0.190 e. The molecule has 1 saturated heterocycles. The zero-order chi connectivity index (χ0) is 20.5. The Morgan fingerprint density at radius 3 is 2.72 bits per heavy atom. The van der Waals surface area contributed by atoms with Crippen molar-refractivity contribution < 1.29 is 0 Å². The quantitative estimate of drug-likeness (QED) is 0.389. The summed E-state index contributed by atoms with van der Waals surface area (Å²) in [5.74, 6) is 1.60. The number of hydrogen-bond donors (Lipinski definition) is 2. The first-order valence-corrected chi connectivity index (χ1v) is 10.9. The van der Waals surface area contributed by atoms with Gasteiger partial charge in [-0.25, -0.2) is 0 Å². The molecule has 1 fully saturated rings. The molecule has 0 aliphatic carbocycles. The molecule has 1 atom stereocenters. The van der Waals surface area contributed by atoms with Gasteiger partial charge in [-0.05, 0) is 57.2 Å². The highest BCUT2D eigenvalue weighted by Gasteiger charge is 2.22. The fourth-order valence-corrected chi connectivity index (χ4v) is 4.01. The number of rotatable bonds is 9. The molecule has 0 saturated carbocycles. The van der Waals surface area contributed by atoms with E-state index >= 15 is 0 Å². The molecule has 2 aromatic rings. The van der Waals surface area contributed by atoms with Gasteiger partial charge in [0, 0.05) is 45.5 Å². The highest BCUT2D eigenvalue weighted by molar-refractivity contribution is 5.79. The molecule has 1 aliphatic rings. The second-order valence-electron chi connectivity index (χ2n) is 8.07. The predicted molar refractivity (Wildman–Crippen MR) is 120 cm³/mol. The number of nitrogens with zero attached hydrogens (tertiary/aromatic N) is 4. The molecule has 0 bridgehead atoms. The van der Waals surface area contributed by atoms with Crippen LogP contribution in [0.5, 0.6) is 0 Å². The first kappa shape index (κ1) is 21.4. The number of aryl methyl sites for hydroxylation is 3. The van der Waals surface area contributed by atoms with E-state index in [4.69, 9.17) is 0 Å². The number of nitrogens with one attached hydrogen (secondary N) is 2. The third-order valence-electron chi connectivity index (χ3n) is 5.65. The SMILES string of the molecule is CN=C(NCCCn1nc(C)cc1C)NCC1CCN(CCc2ccccc2)C1. The van der Waals surface area contributed by atoms with Gasteiger partial charge in [0.05, 0.1) is 5.69 Å². The molecule has 0 amide bonds. The lowest BCUT2D eigenvalue weighted by Crippen LogP contribution is -2.40. The van der Waals surface area contributed by atoms with Crippen LogP contribution < -0.4 is 10.6 Å². The van der Waals surface area contributed by atoms with Gasteiger partial charge in [-0.2, -0.15) is 5.10 Å². The zero-order valence-corrected chi connectivity index (χ0v) is 18.2. The molecule has 6 nitrogen and oxygen atoms in total. The minimum atomic E-state index is 0.694. The number of guanidine groups is 1. The summed E-state index contributed by atoms with van der Waals surface area (Å²) in [5, 5.41) is 11.5. The summed E-state index contributed by atoms with van der Waals surface area (Å²) in [6.45, 7) is 10.5. The van der Waals surface area contributed by atoms with Crippen LogP contribution >= 0.6 is 0 Å². The Morgan fingerprint density at radius 1 is 1.17 bits per heavy atom. The standard InChI is InChI=1S/C23H36N6/c1-19-16-20(2)29(27-19)13-7-12-25-23(24-3)26-17-22-11-15-28(18-22)14-10-21-8-5-4-6-9-21/h4-6,8-9,16,22H,7,10-15,17-18H2,1-3H3,(H2,24,25,26). The van der Waals surface area contributed by atoms with Crippen molar-refractivity contribution in [1.29, 1.82) is 0 Å². The Morgan fingerprint density at radius 2 is 2.00 bits per heavy atom. The fraction of sp³-hybridized carbons (Fsp3) is 0.565. The summed E-state index contributed by atoms with van der Waals surface area (Å²) in [6, 6.07) is 12.9. The van der Waals surface area contributed by atoms with Crippen LogP contribution in [-0.4, -0.2) is 60.4 Å². The molecule has 3 rings (SSSR count). The predicted octanol–water partition coefficient (Wildman–Crippen LogP) is 2.62. The van der Waals surface area contributed by atoms with E-state index in [-0.39, 0.29) is 0 Å². The monoisotopic (exact) mass is 396 g/mol. The van der Waals surface area contributed by atoms with E-state index in [1.54, 1.807) is 0 Å². The number of aromatic nitrogens is 2. The number of aliphatic imine (C=N–C) groups is 1. The van der Waals surface area contributed by atoms with Crippen molar-refractivity contribution >= 4 is 5.96 Å². The maximum atomic E-state index is 4.52. The van der Waals surface area contributed by atoms with E-state index in [9.17, 15) is 0 Å². The van der Waals surface area contributed by atoms with Gasteiger partial charge in [0.25, 0.3) is 0 Å². The summed E-state index contributed by atoms with van der Waals surface area (Å²) in [7, 11) is 1.84. The highest BCUT2D eigenvalue weighted by Crippen LogP contribution is 2.16. The second kappa shape index (κ2) is 11.0. The molecule has 6 heteroatoms. The van der Waals surface area contributed by atoms with Gasteiger partial charge in [-0.3, -0.25) is 9.67 Å². The van der Waals surface area contributed by atoms with E-state index in [1.165, 1.54) is 30.8 Å². The van der Waals surface area contributed by atoms with E-state index in [0.29, 0.717) is 5.92 Å². The van der Waals surface area contributed by atoms with Gasteiger partial charge in [0.15, 0.2) is 5.96 Å². The van der Waals surface area contributed by atoms with Crippen LogP contribution in [0.4, 0.5) is 0 Å². The van der Waals surface area contributed by atoms with Gasteiger partial charge in [-0.15, -0.1) is 0 Å². The molecule has 1 aliphatic heterocycles. The van der Waals surface area contributed by atoms with Crippen LogP contribution in [0.25, 0.3) is 0 Å². The third kappa shape index (κ3) is 6.89. The van der Waals surface area contributed by atoms with E-state index in [2.05, 4.69) is 73.6 Å². The van der Waals surface area contributed by atoms with Crippen LogP contribution in [0.15, 0.2) is 41.4 Å². The third-order valence-corrected chi connectivity index (χ3v) is 5.65. The second-order valence-corrected chi connectivity index (χ2v) is 8.07. The van der Waals surface area contributed by atoms with Crippen molar-refractivity contribution in [2.75, 3.05) is 39.8 Å². The summed E-state index contributed by atoms with van der Waals surface area (Å²) in [6.07, 6.45) is 3.43. The van der Waals surface area contributed by atoms with E-state index < -0.39 is 0 Å². The van der Waals surface area contributed by atoms with Gasteiger partial charge in [0.2, 0.25) is 0 Å². The van der Waals surface area contributed by atoms with Crippen LogP contribution in [-0.2, 0) is 13.0 Å². The van der Waals surface area contributed by atoms with Crippen molar-refractivity contribution in [3.63, 3.8) is 0 Å². The fourth-order valence-electron chi connectivity index (χ4n) is 4.01. The molecule has 29 heavy (non-hydrogen) atoms. The lowest BCUT2D eigenvalue weighted by molar-refractivity contribution is 0.328. The Bertz CT molecular complexity index is 767. The Labute approximate surface area is 175 Å². The van der Waals surface area contributed by atoms with Crippen molar-refractivity contribution in [3.8, 4) is 0 Å². The average Bonchev–Trinajstić information content (AvgIpc) is 3.32. The molecular formula is C23H36N6. The number of likely N-dealkylation sites (tertiary alicyclic amines) is 1. The molecular weight excluding hydrogens is 360 g/mol. The van der Waals surface area contributed by atoms with Crippen LogP contribution in [0.1, 0.15) is 29.8 Å². The van der Waals surface area contributed by atoms with Crippen molar-refractivity contribution in [1.82, 2.24) is 25.3 Å². The largest absolute Gasteiger partial charge is 0.356 e. The number of benzene rings is 1. The van der Waals surface area contributed by atoms with Crippen molar-refractivity contribution in [3.05, 3.63) is 53.3 Å². The summed E-state index contributed by atoms with van der Waals surface area (Å²) >= 11 is 0. The molecule has 0 radical (unpaired) electrons. The molecule has 1 unspecified atom stereocenters. The van der Waals surface area contributed by atoms with Gasteiger partial charge >= 0.3 is 0 Å². The van der Waals surface area contributed by atoms with Crippen LogP contribution in [0, 0.1) is 19.8 Å². The zero-order valence-electron chi connectivity index (χ0n) is 18.2. The minimum Gasteiger partial charge on any atom is -0.356 e. The van der Waals surface area contributed by atoms with E-state index in [1.807, 2.05) is 14.0 Å². The molecule has 2 heterocycles. The maximum absolute atomic E-state index is 4.52. The van der Waals surface area contributed by atoms with Crippen molar-refractivity contribution in [2.24, 2.45) is 10.9 Å². The summed E-state index contributed by atoms with van der Waals surface area (Å²) in [4.78, 5) is 6.96. The highest BCUT2D eigenvalue weighted by atomic mass is 15.3. The molecule has 0 spiro atoms. The normalized spacial score (nSPS) is 17.6. The minimum absolute atomic E-state index is 0.694. The lowest BCUT2D eigenvalue weighted by Gasteiger charge is -2.17. The Hall–Kier alpha value is -2.34. The molecule has 158 valence electrons. The van der Waals surface area contributed by atoms with Gasteiger partial charge in [-0.1, -0.05) is 30.3 Å². The smallest absolute Gasteiger partial charge is 0.190 e. The first-order chi connectivity index (χ1) is 14.1. The topological polar surface area (TPSA) is 57.5 Å². The average molecular weight is 397 g/mol. The first-order valence-electron chi connectivity index (χ1n) is 10.9. The lowest BCUT2D eigenvalue weighted by atomic mass is 10.1. The molecule has 1 aromatic heterocycles. The van der Waals surface area contributed by atoms with E-state index in [0.717, 1.165) is 50.7 Å². The Kier molecular flexibility index (Phi) is 8.11. The van der Waals surface area contributed by atoms with Crippen LogP contribution in [0.3, 0.4) is 0 Å². The molecule has 1 aromatic carbocycles. The molecule has 2 N–H and O–H groups in total. The van der Waals surface area contributed by atoms with Crippen molar-refractivity contribution in [2.45, 2.75) is 39.7 Å². The summed E-state index contributed by atoms with van der Waals surface area (Å²) < 4.78 is 2.08. The summed E-state index contributed by atoms with van der Waals surface area (Å²) in [5.41, 5.74) is 3.74. The Balaban J connectivity index is 1.30. The number of hydrogen-bond acceptors (Lipinski definition) is 3. The van der Waals surface area contributed by atoms with Gasteiger partial charge in [0.1, 0.15) is 0 Å². The van der Waals surface area contributed by atoms with Gasteiger partial charge < -0.3 is 15.5 Å².